The first-order chi connectivity index (χ1) is 38.1. The predicted octanol–water partition coefficient (Wildman–Crippen LogP) is 8.82. The van der Waals surface area contributed by atoms with Crippen molar-refractivity contribution in [3.05, 3.63) is 173 Å². The van der Waals surface area contributed by atoms with Gasteiger partial charge in [0.1, 0.15) is 43.0 Å². The summed E-state index contributed by atoms with van der Waals surface area (Å²) in [5, 5.41) is 39.4. The van der Waals surface area contributed by atoms with Gasteiger partial charge < -0.3 is 40.1 Å². The molecule has 18 nitrogen and oxygen atoms in total. The zero-order chi connectivity index (χ0) is 53.7. The number of aromatic carboxylic acids is 1. The van der Waals surface area contributed by atoms with E-state index in [0.29, 0.717) is 16.9 Å². The Bertz CT molecular complexity index is 3580. The van der Waals surface area contributed by atoms with Crippen LogP contribution in [-0.4, -0.2) is 98.0 Å². The lowest BCUT2D eigenvalue weighted by atomic mass is 9.82. The fraction of sp³-hybridized carbons (Fsp3) is 0.367. The topological polar surface area (TPSA) is 241 Å². The molecule has 1 atom stereocenters. The number of carboxylic acid groups (broad SMARTS) is 1. The van der Waals surface area contributed by atoms with Crippen molar-refractivity contribution in [2.75, 3.05) is 63.9 Å². The van der Waals surface area contributed by atoms with Gasteiger partial charge in [-0.1, -0.05) is 46.6 Å². The molecule has 0 aliphatic carbocycles. The quantitative estimate of drug-likeness (QED) is 0.0211. The molecule has 5 aliphatic rings. The smallest absolute Gasteiger partial charge is 0.336 e. The highest BCUT2D eigenvalue weighted by Crippen LogP contribution is 2.48. The summed E-state index contributed by atoms with van der Waals surface area (Å²) >= 11 is 0. The summed E-state index contributed by atoms with van der Waals surface area (Å²) in [5.74, 6) is 0.396. The molecule has 0 aromatic heterocycles. The lowest BCUT2D eigenvalue weighted by Gasteiger charge is -2.35. The van der Waals surface area contributed by atoms with Gasteiger partial charge >= 0.3 is 5.97 Å². The Kier molecular flexibility index (Phi) is 15.3. The molecule has 6 aromatic rings. The first-order valence-corrected chi connectivity index (χ1v) is 27.3. The first kappa shape index (κ1) is 51.7. The van der Waals surface area contributed by atoms with E-state index in [2.05, 4.69) is 52.3 Å². The fourth-order valence-corrected chi connectivity index (χ4v) is 12.3. The van der Waals surface area contributed by atoms with Crippen molar-refractivity contribution < 1.29 is 34.1 Å². The van der Waals surface area contributed by atoms with Crippen LogP contribution in [0.15, 0.2) is 101 Å². The molecular weight excluding hydrogens is 987 g/mol. The number of aryl methyl sites for hydroxylation is 2. The fourth-order valence-electron chi connectivity index (χ4n) is 12.3. The highest BCUT2D eigenvalue weighted by atomic mass is 16.5. The SMILES string of the molecule is [N-]=[N+]=Nc1cc(CN(CCNC(=O)c2ccc(C(=O)O)c(C3=c4cc5c6c(c4Oc4c3cc3c7c4CCCN7CCCC3)CCC[N+]=6CCCC5)c2)C(=O)CCNC[C@H](O)COc2cccc3ccccc23)cc(N=[N+]=[N-])c1. The molecule has 0 saturated carbocycles. The molecule has 0 saturated heterocycles. The molecule has 4 N–H and O–H groups in total. The minimum Gasteiger partial charge on any atom is -0.490 e. The number of carbonyl (C=O) groups is 3. The number of benzene rings is 6. The predicted molar refractivity (Wildman–Crippen MR) is 298 cm³/mol. The summed E-state index contributed by atoms with van der Waals surface area (Å²) in [4.78, 5) is 51.9. The molecule has 78 heavy (non-hydrogen) atoms. The number of carbonyl (C=O) groups excluding carboxylic acids is 2. The van der Waals surface area contributed by atoms with Gasteiger partial charge in [-0.3, -0.25) is 9.59 Å². The lowest BCUT2D eigenvalue weighted by Crippen LogP contribution is -2.41. The summed E-state index contributed by atoms with van der Waals surface area (Å²) < 4.78 is 15.8. The van der Waals surface area contributed by atoms with E-state index in [9.17, 15) is 35.7 Å². The van der Waals surface area contributed by atoms with Gasteiger partial charge in [-0.2, -0.15) is 0 Å². The van der Waals surface area contributed by atoms with Crippen molar-refractivity contribution in [1.29, 1.82) is 0 Å². The van der Waals surface area contributed by atoms with Gasteiger partial charge in [-0.15, -0.1) is 0 Å². The van der Waals surface area contributed by atoms with E-state index in [0.717, 1.165) is 129 Å². The number of aliphatic hydroxyl groups excluding tert-OH is 1. The van der Waals surface area contributed by atoms with Crippen molar-refractivity contribution >= 4 is 51.2 Å². The van der Waals surface area contributed by atoms with E-state index in [1.54, 1.807) is 23.1 Å². The molecule has 398 valence electrons. The maximum absolute atomic E-state index is 14.5. The molecule has 0 fully saturated rings. The van der Waals surface area contributed by atoms with Gasteiger partial charge in [-0.05, 0) is 139 Å². The van der Waals surface area contributed by atoms with Crippen LogP contribution in [0.2, 0.25) is 0 Å². The van der Waals surface area contributed by atoms with E-state index in [1.165, 1.54) is 51.5 Å². The largest absolute Gasteiger partial charge is 0.490 e. The van der Waals surface area contributed by atoms with Crippen LogP contribution in [-0.2, 0) is 37.0 Å². The van der Waals surface area contributed by atoms with E-state index in [1.807, 2.05) is 42.5 Å². The number of hydrogen-bond donors (Lipinski definition) is 4. The number of amides is 2. The molecule has 5 heterocycles. The Morgan fingerprint density at radius 1 is 0.795 bits per heavy atom. The molecule has 0 spiro atoms. The van der Waals surface area contributed by atoms with Gasteiger partial charge in [-0.25, -0.2) is 9.37 Å². The van der Waals surface area contributed by atoms with E-state index < -0.39 is 18.0 Å². The molecule has 6 aromatic carbocycles. The third kappa shape index (κ3) is 10.7. The Balaban J connectivity index is 0.877. The van der Waals surface area contributed by atoms with Crippen molar-refractivity contribution in [3.8, 4) is 17.2 Å². The Hall–Kier alpha value is -8.40. The number of fused-ring (bicyclic) bond motifs is 5. The summed E-state index contributed by atoms with van der Waals surface area (Å²) in [7, 11) is 0. The zero-order valence-corrected chi connectivity index (χ0v) is 43.5. The van der Waals surface area contributed by atoms with Crippen molar-refractivity contribution in [1.82, 2.24) is 20.1 Å². The molecule has 5 aliphatic heterocycles. The van der Waals surface area contributed by atoms with Gasteiger partial charge in [0.05, 0.1) is 11.1 Å². The number of hydrogen-bond acceptors (Lipinski definition) is 10. The molecule has 2 amide bonds. The number of rotatable bonds is 18. The van der Waals surface area contributed by atoms with Crippen LogP contribution >= 0.6 is 0 Å². The summed E-state index contributed by atoms with van der Waals surface area (Å²) in [6.07, 6.45) is 8.91. The monoisotopic (exact) mass is 1050 g/mol. The highest BCUT2D eigenvalue weighted by molar-refractivity contribution is 6.03. The Labute approximate surface area is 450 Å². The second-order valence-corrected chi connectivity index (χ2v) is 20.8. The maximum Gasteiger partial charge on any atom is 0.336 e. The van der Waals surface area contributed by atoms with Gasteiger partial charge in [0.15, 0.2) is 0 Å². The zero-order valence-electron chi connectivity index (χ0n) is 43.5. The summed E-state index contributed by atoms with van der Waals surface area (Å²) in [6.45, 7) is 4.46. The molecule has 18 heteroatoms. The molecular formula is C60H62N11O7+. The summed E-state index contributed by atoms with van der Waals surface area (Å²) in [6, 6.07) is 27.5. The number of nitrogens with zero attached hydrogens (tertiary/aromatic N) is 9. The average Bonchev–Trinajstić information content (AvgIpc) is 3.90. The second kappa shape index (κ2) is 23.1. The van der Waals surface area contributed by atoms with Crippen LogP contribution in [0.25, 0.3) is 37.2 Å². The van der Waals surface area contributed by atoms with Crippen LogP contribution in [0.4, 0.5) is 17.1 Å². The maximum atomic E-state index is 14.5. The number of anilines is 1. The lowest BCUT2D eigenvalue weighted by molar-refractivity contribution is -0.131. The van der Waals surface area contributed by atoms with Crippen LogP contribution in [0.5, 0.6) is 17.2 Å². The standard InChI is InChI=1S/C60H61N11O7/c61-67-65-42-28-37(29-43(33-42)66-68-62)35-71(53(73)20-21-63-34-44(72)36-77-52-17-7-13-38-10-1-2-14-45(38)52)27-22-64-59(74)41-18-19-46(60(75)76)49(32-41)54-50-30-39-11-3-5-23-69-25-8-15-47(55(39)69)57(50)78-58-48-16-9-26-70-24-6-4-12-40(56(48)70)31-51(54)58/h1-2,7,10,13-14,17-19,28-33,44,63,72H,3-6,8-9,11-12,15-16,20-27,34-36H2,(H-,64,74,75,76)/p+1/t44-/m0/s1. The summed E-state index contributed by atoms with van der Waals surface area (Å²) in [5.41, 5.74) is 27.8. The number of nitrogens with one attached hydrogen (secondary N) is 2. The van der Waals surface area contributed by atoms with Crippen molar-refractivity contribution in [3.63, 3.8) is 0 Å². The van der Waals surface area contributed by atoms with Gasteiger partial charge in [0.25, 0.3) is 5.91 Å². The van der Waals surface area contributed by atoms with E-state index in [-0.39, 0.29) is 74.2 Å². The third-order valence-corrected chi connectivity index (χ3v) is 15.7. The van der Waals surface area contributed by atoms with Gasteiger partial charge in [0.2, 0.25) is 11.3 Å². The molecule has 0 bridgehead atoms. The Morgan fingerprint density at radius 2 is 1.56 bits per heavy atom. The van der Waals surface area contributed by atoms with E-state index >= 15 is 0 Å². The highest BCUT2D eigenvalue weighted by Gasteiger charge is 2.36. The van der Waals surface area contributed by atoms with Crippen LogP contribution in [0.1, 0.15) is 105 Å². The molecule has 0 radical (unpaired) electrons. The number of ether oxygens (including phenoxy) is 2. The minimum atomic E-state index is -1.11. The number of aliphatic hydroxyl groups is 1. The normalized spacial score (nSPS) is 15.4. The Morgan fingerprint density at radius 3 is 2.40 bits per heavy atom. The van der Waals surface area contributed by atoms with Crippen molar-refractivity contribution in [2.45, 2.75) is 83.3 Å². The minimum absolute atomic E-state index is 0.0164. The third-order valence-electron chi connectivity index (χ3n) is 15.7. The van der Waals surface area contributed by atoms with Crippen LogP contribution < -0.4 is 40.2 Å². The van der Waals surface area contributed by atoms with E-state index in [4.69, 9.17) is 9.47 Å². The molecule has 11 rings (SSSR count). The van der Waals surface area contributed by atoms with Crippen molar-refractivity contribution in [2.24, 2.45) is 10.2 Å². The van der Waals surface area contributed by atoms with Crippen LogP contribution in [0, 0.1) is 0 Å². The first-order valence-electron chi connectivity index (χ1n) is 27.3. The van der Waals surface area contributed by atoms with Crippen LogP contribution in [0.3, 0.4) is 0 Å². The number of carboxylic acids is 1. The average molecular weight is 1050 g/mol. The molecule has 0 unspecified atom stereocenters. The second-order valence-electron chi connectivity index (χ2n) is 20.8. The van der Waals surface area contributed by atoms with Gasteiger partial charge in [0, 0.05) is 130 Å². The number of azide groups is 2.